The van der Waals surface area contributed by atoms with Gasteiger partial charge < -0.3 is 0 Å². The third-order valence-corrected chi connectivity index (χ3v) is 5.83. The van der Waals surface area contributed by atoms with Crippen molar-refractivity contribution in [2.45, 2.75) is 102 Å². The van der Waals surface area contributed by atoms with Gasteiger partial charge in [0.15, 0.2) is 0 Å². The standard InChI is InChI=1S/C21H36O3S/c1-3-5-7-9-11-13-19(14-12-10-8-6-4-2)20-15-17-21(18-16-20)25(22,23)24/h15-19H,3-14H2,1-2H3,(H,22,23,24). The molecule has 1 aromatic rings. The lowest BCUT2D eigenvalue weighted by molar-refractivity contribution is 0.482. The van der Waals surface area contributed by atoms with Crippen LogP contribution in [-0.4, -0.2) is 13.0 Å². The van der Waals surface area contributed by atoms with Crippen LogP contribution in [0.1, 0.15) is 102 Å². The lowest BCUT2D eigenvalue weighted by Gasteiger charge is -2.18. The molecule has 0 atom stereocenters. The summed E-state index contributed by atoms with van der Waals surface area (Å²) in [7, 11) is -4.10. The molecule has 0 amide bonds. The molecule has 0 unspecified atom stereocenters. The summed E-state index contributed by atoms with van der Waals surface area (Å²) >= 11 is 0. The Hall–Kier alpha value is -0.870. The monoisotopic (exact) mass is 368 g/mol. The van der Waals surface area contributed by atoms with Crippen molar-refractivity contribution in [3.8, 4) is 0 Å². The van der Waals surface area contributed by atoms with Crippen molar-refractivity contribution in [1.29, 1.82) is 0 Å². The predicted octanol–water partition coefficient (Wildman–Crippen LogP) is 6.74. The Morgan fingerprint density at radius 3 is 1.60 bits per heavy atom. The fourth-order valence-corrected chi connectivity index (χ4v) is 3.86. The number of hydrogen-bond donors (Lipinski definition) is 1. The second-order valence-electron chi connectivity index (χ2n) is 7.15. The van der Waals surface area contributed by atoms with Gasteiger partial charge in [-0.25, -0.2) is 0 Å². The highest BCUT2D eigenvalue weighted by molar-refractivity contribution is 7.85. The molecule has 0 heterocycles. The third kappa shape index (κ3) is 9.41. The van der Waals surface area contributed by atoms with Crippen LogP contribution >= 0.6 is 0 Å². The Morgan fingerprint density at radius 1 is 0.760 bits per heavy atom. The van der Waals surface area contributed by atoms with Crippen molar-refractivity contribution in [3.05, 3.63) is 29.8 Å². The molecule has 3 nitrogen and oxygen atoms in total. The molecule has 1 rings (SSSR count). The molecule has 0 saturated carbocycles. The summed E-state index contributed by atoms with van der Waals surface area (Å²) in [4.78, 5) is -0.0131. The zero-order chi connectivity index (χ0) is 18.5. The van der Waals surface area contributed by atoms with Crippen molar-refractivity contribution in [3.63, 3.8) is 0 Å². The van der Waals surface area contributed by atoms with E-state index in [9.17, 15) is 8.42 Å². The normalized spacial score (nSPS) is 12.0. The minimum atomic E-state index is -4.10. The zero-order valence-electron chi connectivity index (χ0n) is 16.0. The van der Waals surface area contributed by atoms with Crippen LogP contribution in [0.15, 0.2) is 29.2 Å². The van der Waals surface area contributed by atoms with Crippen molar-refractivity contribution in [2.24, 2.45) is 0 Å². The molecule has 0 aliphatic heterocycles. The maximum atomic E-state index is 11.2. The molecule has 0 radical (unpaired) electrons. The Balaban J connectivity index is 2.61. The summed E-state index contributed by atoms with van der Waals surface area (Å²) in [5.74, 6) is 0.499. The fraction of sp³-hybridized carbons (Fsp3) is 0.714. The first kappa shape index (κ1) is 22.2. The molecular formula is C21H36O3S. The highest BCUT2D eigenvalue weighted by atomic mass is 32.2. The molecule has 144 valence electrons. The summed E-state index contributed by atoms with van der Waals surface area (Å²) in [6.45, 7) is 4.46. The molecule has 0 spiro atoms. The first-order valence-electron chi connectivity index (χ1n) is 10.1. The molecule has 1 N–H and O–H groups in total. The highest BCUT2D eigenvalue weighted by Crippen LogP contribution is 2.29. The summed E-state index contributed by atoms with van der Waals surface area (Å²) in [6.07, 6.45) is 15.1. The van der Waals surface area contributed by atoms with E-state index < -0.39 is 10.1 Å². The van der Waals surface area contributed by atoms with Gasteiger partial charge in [-0.05, 0) is 36.5 Å². The first-order chi connectivity index (χ1) is 12.0. The van der Waals surface area contributed by atoms with Crippen LogP contribution in [0.3, 0.4) is 0 Å². The molecule has 0 fully saturated rings. The van der Waals surface area contributed by atoms with E-state index in [2.05, 4.69) is 13.8 Å². The predicted molar refractivity (Wildman–Crippen MR) is 106 cm³/mol. The molecule has 1 aromatic carbocycles. The van der Waals surface area contributed by atoms with E-state index >= 15 is 0 Å². The second-order valence-corrected chi connectivity index (χ2v) is 8.57. The maximum Gasteiger partial charge on any atom is 0.294 e. The van der Waals surface area contributed by atoms with E-state index in [0.29, 0.717) is 5.92 Å². The van der Waals surface area contributed by atoms with Crippen molar-refractivity contribution < 1.29 is 13.0 Å². The minimum Gasteiger partial charge on any atom is -0.282 e. The summed E-state index contributed by atoms with van der Waals surface area (Å²) in [5.41, 5.74) is 1.21. The number of unbranched alkanes of at least 4 members (excludes halogenated alkanes) is 8. The van der Waals surface area contributed by atoms with E-state index in [0.717, 1.165) is 0 Å². The minimum absolute atomic E-state index is 0.0131. The van der Waals surface area contributed by atoms with Crippen LogP contribution in [0.4, 0.5) is 0 Å². The Morgan fingerprint density at radius 2 is 1.20 bits per heavy atom. The summed E-state index contributed by atoms with van der Waals surface area (Å²) in [5, 5.41) is 0. The lowest BCUT2D eigenvalue weighted by Crippen LogP contribution is -2.02. The largest absolute Gasteiger partial charge is 0.294 e. The lowest BCUT2D eigenvalue weighted by atomic mass is 9.88. The van der Waals surface area contributed by atoms with Gasteiger partial charge in [0, 0.05) is 0 Å². The number of hydrogen-bond acceptors (Lipinski definition) is 2. The van der Waals surface area contributed by atoms with E-state index in [4.69, 9.17) is 4.55 Å². The van der Waals surface area contributed by atoms with Gasteiger partial charge in [0.25, 0.3) is 10.1 Å². The second kappa shape index (κ2) is 12.5. The zero-order valence-corrected chi connectivity index (χ0v) is 16.9. The third-order valence-electron chi connectivity index (χ3n) is 4.96. The van der Waals surface area contributed by atoms with Gasteiger partial charge in [-0.3, -0.25) is 4.55 Å². The Labute approximate surface area is 155 Å². The van der Waals surface area contributed by atoms with Gasteiger partial charge in [0.2, 0.25) is 0 Å². The van der Waals surface area contributed by atoms with E-state index in [1.54, 1.807) is 0 Å². The van der Waals surface area contributed by atoms with Gasteiger partial charge in [-0.2, -0.15) is 8.42 Å². The molecule has 0 aliphatic carbocycles. The van der Waals surface area contributed by atoms with Crippen LogP contribution < -0.4 is 0 Å². The van der Waals surface area contributed by atoms with Crippen molar-refractivity contribution in [1.82, 2.24) is 0 Å². The summed E-state index contributed by atoms with van der Waals surface area (Å²) < 4.78 is 31.6. The van der Waals surface area contributed by atoms with Gasteiger partial charge in [0.05, 0.1) is 4.90 Å². The first-order valence-corrected chi connectivity index (χ1v) is 11.5. The maximum absolute atomic E-state index is 11.2. The average molecular weight is 369 g/mol. The van der Waals surface area contributed by atoms with Crippen LogP contribution in [0.25, 0.3) is 0 Å². The number of rotatable bonds is 14. The molecule has 0 aliphatic rings. The SMILES string of the molecule is CCCCCCCC(CCCCCCC)c1ccc(S(=O)(=O)O)cc1. The molecule has 4 heteroatoms. The molecule has 0 bridgehead atoms. The smallest absolute Gasteiger partial charge is 0.282 e. The van der Waals surface area contributed by atoms with Gasteiger partial charge in [-0.15, -0.1) is 0 Å². The van der Waals surface area contributed by atoms with E-state index in [1.165, 1.54) is 94.7 Å². The highest BCUT2D eigenvalue weighted by Gasteiger charge is 2.14. The van der Waals surface area contributed by atoms with Crippen molar-refractivity contribution >= 4 is 10.1 Å². The van der Waals surface area contributed by atoms with Gasteiger partial charge in [0.1, 0.15) is 0 Å². The molecular weight excluding hydrogens is 332 g/mol. The van der Waals surface area contributed by atoms with E-state index in [-0.39, 0.29) is 4.90 Å². The Kier molecular flexibility index (Phi) is 11.1. The molecule has 0 aromatic heterocycles. The van der Waals surface area contributed by atoms with E-state index in [1.807, 2.05) is 12.1 Å². The summed E-state index contributed by atoms with van der Waals surface area (Å²) in [6, 6.07) is 6.83. The van der Waals surface area contributed by atoms with Crippen LogP contribution in [0.5, 0.6) is 0 Å². The molecule has 25 heavy (non-hydrogen) atoms. The van der Waals surface area contributed by atoms with Crippen LogP contribution in [0.2, 0.25) is 0 Å². The van der Waals surface area contributed by atoms with Gasteiger partial charge >= 0.3 is 0 Å². The van der Waals surface area contributed by atoms with Gasteiger partial charge in [-0.1, -0.05) is 90.2 Å². The average Bonchev–Trinajstić information content (AvgIpc) is 2.59. The van der Waals surface area contributed by atoms with Crippen molar-refractivity contribution in [2.75, 3.05) is 0 Å². The quantitative estimate of drug-likeness (QED) is 0.292. The van der Waals surface area contributed by atoms with Crippen LogP contribution in [0, 0.1) is 0 Å². The molecule has 0 saturated heterocycles. The fourth-order valence-electron chi connectivity index (χ4n) is 3.38. The Bertz CT molecular complexity index is 535. The topological polar surface area (TPSA) is 54.4 Å². The van der Waals surface area contributed by atoms with Crippen LogP contribution in [-0.2, 0) is 10.1 Å². The number of benzene rings is 1.